The molecule has 0 bridgehead atoms. The van der Waals surface area contributed by atoms with E-state index in [1.807, 2.05) is 73.0 Å². The fourth-order valence-electron chi connectivity index (χ4n) is 4.57. The zero-order valence-electron chi connectivity index (χ0n) is 21.7. The van der Waals surface area contributed by atoms with E-state index < -0.39 is 17.8 Å². The van der Waals surface area contributed by atoms with Gasteiger partial charge in [-0.3, -0.25) is 14.5 Å². The van der Waals surface area contributed by atoms with Crippen LogP contribution in [0, 0.1) is 13.8 Å². The zero-order valence-corrected chi connectivity index (χ0v) is 22.5. The number of carbonyl (C=O) groups is 3. The van der Waals surface area contributed by atoms with E-state index in [9.17, 15) is 14.4 Å². The molecule has 1 saturated heterocycles. The lowest BCUT2D eigenvalue weighted by Gasteiger charge is -2.31. The van der Waals surface area contributed by atoms with Gasteiger partial charge < -0.3 is 9.30 Å². The van der Waals surface area contributed by atoms with Gasteiger partial charge in [0.2, 0.25) is 0 Å². The van der Waals surface area contributed by atoms with Gasteiger partial charge in [-0.1, -0.05) is 41.9 Å². The quantitative estimate of drug-likeness (QED) is 0.212. The summed E-state index contributed by atoms with van der Waals surface area (Å²) in [7, 11) is 1.38. The number of nitrogens with zero attached hydrogens (tertiary/aromatic N) is 3. The van der Waals surface area contributed by atoms with E-state index in [1.165, 1.54) is 7.05 Å². The molecule has 39 heavy (non-hydrogen) atoms. The number of para-hydroxylation sites is 1. The fraction of sp³-hybridized carbons (Fsp3) is 0.129. The highest BCUT2D eigenvalue weighted by Crippen LogP contribution is 2.28. The second kappa shape index (κ2) is 10.6. The number of hydrogen-bond acceptors (Lipinski definition) is 4. The highest BCUT2D eigenvalue weighted by molar-refractivity contribution is 6.39. The van der Waals surface area contributed by atoms with Crippen molar-refractivity contribution in [2.45, 2.75) is 20.5 Å². The Labute approximate surface area is 231 Å². The first-order valence-electron chi connectivity index (χ1n) is 12.3. The minimum absolute atomic E-state index is 0.0767. The Balaban J connectivity index is 1.41. The molecule has 0 radical (unpaired) electrons. The maximum Gasteiger partial charge on any atom is 0.338 e. The third-order valence-electron chi connectivity index (χ3n) is 6.64. The van der Waals surface area contributed by atoms with Crippen LogP contribution in [0.4, 0.5) is 10.5 Å². The number of rotatable bonds is 6. The first kappa shape index (κ1) is 26.0. The largest absolute Gasteiger partial charge is 0.489 e. The molecule has 196 valence electrons. The SMILES string of the molecule is Cc1cc(/C=C2\C(=O)N(C)C(=O)N(c3ccccc3)C2=O)c(C)n1-c1ccc(OCc2ccc(Cl)cc2)cc1. The molecule has 0 saturated carbocycles. The third kappa shape index (κ3) is 5.09. The molecule has 8 heteroatoms. The minimum Gasteiger partial charge on any atom is -0.489 e. The molecule has 1 aromatic heterocycles. The summed E-state index contributed by atoms with van der Waals surface area (Å²) in [5, 5.41) is 0.682. The van der Waals surface area contributed by atoms with Crippen molar-refractivity contribution in [3.63, 3.8) is 0 Å². The van der Waals surface area contributed by atoms with Crippen molar-refractivity contribution in [3.05, 3.63) is 118 Å². The highest BCUT2D eigenvalue weighted by atomic mass is 35.5. The molecular formula is C31H26ClN3O4. The first-order valence-corrected chi connectivity index (χ1v) is 12.7. The molecule has 0 N–H and O–H groups in total. The van der Waals surface area contributed by atoms with Crippen LogP contribution in [-0.4, -0.2) is 34.4 Å². The van der Waals surface area contributed by atoms with Gasteiger partial charge in [0.1, 0.15) is 17.9 Å². The Hall–Kier alpha value is -4.62. The van der Waals surface area contributed by atoms with Crippen LogP contribution in [0.25, 0.3) is 11.8 Å². The van der Waals surface area contributed by atoms with Crippen molar-refractivity contribution in [1.82, 2.24) is 9.47 Å². The van der Waals surface area contributed by atoms with Crippen LogP contribution < -0.4 is 9.64 Å². The van der Waals surface area contributed by atoms with Crippen LogP contribution in [0.5, 0.6) is 5.75 Å². The number of ether oxygens (including phenoxy) is 1. The number of urea groups is 1. The smallest absolute Gasteiger partial charge is 0.338 e. The maximum atomic E-state index is 13.3. The average molecular weight is 540 g/mol. The lowest BCUT2D eigenvalue weighted by Crippen LogP contribution is -2.55. The molecule has 7 nitrogen and oxygen atoms in total. The molecule has 3 aromatic carbocycles. The fourth-order valence-corrected chi connectivity index (χ4v) is 4.70. The van der Waals surface area contributed by atoms with Crippen LogP contribution in [0.1, 0.15) is 22.5 Å². The number of halogens is 1. The highest BCUT2D eigenvalue weighted by Gasteiger charge is 2.41. The van der Waals surface area contributed by atoms with Crippen LogP contribution in [0.15, 0.2) is 90.5 Å². The van der Waals surface area contributed by atoms with Crippen LogP contribution in [0.3, 0.4) is 0 Å². The number of hydrogen-bond donors (Lipinski definition) is 0. The molecule has 5 rings (SSSR count). The summed E-state index contributed by atoms with van der Waals surface area (Å²) < 4.78 is 7.94. The van der Waals surface area contributed by atoms with Crippen LogP contribution >= 0.6 is 11.6 Å². The summed E-state index contributed by atoms with van der Waals surface area (Å²) in [4.78, 5) is 41.1. The van der Waals surface area contributed by atoms with Gasteiger partial charge in [0, 0.05) is 29.1 Å². The van der Waals surface area contributed by atoms with Gasteiger partial charge in [-0.15, -0.1) is 0 Å². The molecule has 2 heterocycles. The summed E-state index contributed by atoms with van der Waals surface area (Å²) in [6.45, 7) is 4.30. The van der Waals surface area contributed by atoms with Gasteiger partial charge in [-0.05, 0) is 85.6 Å². The third-order valence-corrected chi connectivity index (χ3v) is 6.90. The Morgan fingerprint density at radius 3 is 2.15 bits per heavy atom. The molecule has 1 fully saturated rings. The second-order valence-electron chi connectivity index (χ2n) is 9.25. The summed E-state index contributed by atoms with van der Waals surface area (Å²) in [6, 6.07) is 25.0. The van der Waals surface area contributed by atoms with Crippen molar-refractivity contribution >= 4 is 41.2 Å². The number of imide groups is 2. The first-order chi connectivity index (χ1) is 18.7. The monoisotopic (exact) mass is 539 g/mol. The molecule has 4 amide bonds. The Bertz CT molecular complexity index is 1590. The summed E-state index contributed by atoms with van der Waals surface area (Å²) >= 11 is 5.95. The van der Waals surface area contributed by atoms with Gasteiger partial charge in [0.25, 0.3) is 11.8 Å². The normalized spacial score (nSPS) is 14.9. The molecule has 1 aliphatic heterocycles. The molecule has 4 aromatic rings. The van der Waals surface area contributed by atoms with E-state index in [0.717, 1.165) is 38.2 Å². The molecule has 0 atom stereocenters. The summed E-state index contributed by atoms with van der Waals surface area (Å²) in [6.07, 6.45) is 1.56. The number of anilines is 1. The number of aromatic nitrogens is 1. The lowest BCUT2D eigenvalue weighted by molar-refractivity contribution is -0.128. The molecule has 1 aliphatic rings. The average Bonchev–Trinajstić information content (AvgIpc) is 3.23. The molecule has 0 unspecified atom stereocenters. The molecule has 0 aliphatic carbocycles. The van der Waals surface area contributed by atoms with Crippen molar-refractivity contribution in [2.24, 2.45) is 0 Å². The zero-order chi connectivity index (χ0) is 27.7. The summed E-state index contributed by atoms with van der Waals surface area (Å²) in [5.74, 6) is -0.559. The van der Waals surface area contributed by atoms with Crippen molar-refractivity contribution in [3.8, 4) is 11.4 Å². The number of barbiturate groups is 1. The molecular weight excluding hydrogens is 514 g/mol. The predicted molar refractivity (Wildman–Crippen MR) is 151 cm³/mol. The van der Waals surface area contributed by atoms with Crippen LogP contribution in [-0.2, 0) is 16.2 Å². The van der Waals surface area contributed by atoms with Crippen molar-refractivity contribution < 1.29 is 19.1 Å². The lowest BCUT2D eigenvalue weighted by atomic mass is 10.1. The number of carbonyl (C=O) groups excluding carboxylic acids is 3. The van der Waals surface area contributed by atoms with Gasteiger partial charge in [-0.25, -0.2) is 9.69 Å². The molecule has 0 spiro atoms. The number of amides is 4. The van der Waals surface area contributed by atoms with Crippen LogP contribution in [0.2, 0.25) is 5.02 Å². The second-order valence-corrected chi connectivity index (χ2v) is 9.69. The maximum absolute atomic E-state index is 13.3. The van der Waals surface area contributed by atoms with E-state index in [0.29, 0.717) is 22.9 Å². The Morgan fingerprint density at radius 1 is 0.821 bits per heavy atom. The van der Waals surface area contributed by atoms with Gasteiger partial charge in [0.15, 0.2) is 0 Å². The van der Waals surface area contributed by atoms with Gasteiger partial charge >= 0.3 is 6.03 Å². The Kier molecular flexibility index (Phi) is 7.09. The van der Waals surface area contributed by atoms with E-state index >= 15 is 0 Å². The Morgan fingerprint density at radius 2 is 1.49 bits per heavy atom. The topological polar surface area (TPSA) is 71.9 Å². The number of likely N-dealkylation sites (N-methyl/N-ethyl adjacent to an activating group) is 1. The van der Waals surface area contributed by atoms with Gasteiger partial charge in [-0.2, -0.15) is 0 Å². The number of benzene rings is 3. The van der Waals surface area contributed by atoms with Crippen molar-refractivity contribution in [1.29, 1.82) is 0 Å². The summed E-state index contributed by atoms with van der Waals surface area (Å²) in [5.41, 5.74) is 4.74. The number of aryl methyl sites for hydroxylation is 1. The van der Waals surface area contributed by atoms with E-state index in [-0.39, 0.29) is 5.57 Å². The van der Waals surface area contributed by atoms with E-state index in [4.69, 9.17) is 16.3 Å². The standard InChI is InChI=1S/C31H26ClN3O4/c1-20-17-23(18-28-29(36)33(3)31(38)35(30(28)37)25-7-5-4-6-8-25)21(2)34(20)26-13-15-27(16-14-26)39-19-22-9-11-24(32)12-10-22/h4-18H,19H2,1-3H3/b28-18+. The van der Waals surface area contributed by atoms with Gasteiger partial charge in [0.05, 0.1) is 5.69 Å². The van der Waals surface area contributed by atoms with Crippen molar-refractivity contribution in [2.75, 3.05) is 11.9 Å². The predicted octanol–water partition coefficient (Wildman–Crippen LogP) is 6.34. The van der Waals surface area contributed by atoms with E-state index in [1.54, 1.807) is 36.4 Å². The van der Waals surface area contributed by atoms with E-state index in [2.05, 4.69) is 0 Å². The minimum atomic E-state index is -0.683.